The average molecular weight is 153 g/mol. The molecule has 3 aliphatic rings. The monoisotopic (exact) mass is 153 g/mol. The van der Waals surface area contributed by atoms with Crippen LogP contribution in [0.4, 0.5) is 0 Å². The fourth-order valence-corrected chi connectivity index (χ4v) is 2.47. The maximum Gasteiger partial charge on any atom is 0.0579 e. The van der Waals surface area contributed by atoms with Gasteiger partial charge in [0.2, 0.25) is 0 Å². The molecule has 1 saturated carbocycles. The first-order valence-corrected chi connectivity index (χ1v) is 4.30. The number of fused-ring (bicyclic) bond motifs is 2. The van der Waals surface area contributed by atoms with Crippen LogP contribution in [0.3, 0.4) is 0 Å². The van der Waals surface area contributed by atoms with Crippen LogP contribution in [0.2, 0.25) is 0 Å². The molecule has 3 rings (SSSR count). The molecule has 0 aromatic rings. The standard InChI is InChI=1S/C9H15NO/c1-6(2)10-7-3-8(10)5-9(11)4-7/h7-9,11H,1,3-5H2,2H3. The van der Waals surface area contributed by atoms with Crippen LogP contribution < -0.4 is 0 Å². The first-order valence-electron chi connectivity index (χ1n) is 4.30. The maximum atomic E-state index is 9.35. The Morgan fingerprint density at radius 3 is 2.36 bits per heavy atom. The van der Waals surface area contributed by atoms with Gasteiger partial charge >= 0.3 is 0 Å². The molecule has 0 amide bonds. The Kier molecular flexibility index (Phi) is 1.46. The number of allylic oxidation sites excluding steroid dienone is 1. The summed E-state index contributed by atoms with van der Waals surface area (Å²) >= 11 is 0. The number of piperidine rings is 1. The van der Waals surface area contributed by atoms with E-state index in [1.807, 2.05) is 0 Å². The molecular weight excluding hydrogens is 138 g/mol. The molecule has 2 bridgehead atoms. The Labute approximate surface area is 67.5 Å². The molecule has 1 aliphatic carbocycles. The zero-order valence-corrected chi connectivity index (χ0v) is 6.95. The fourth-order valence-electron chi connectivity index (χ4n) is 2.47. The van der Waals surface area contributed by atoms with E-state index in [4.69, 9.17) is 0 Å². The van der Waals surface area contributed by atoms with E-state index in [9.17, 15) is 5.11 Å². The van der Waals surface area contributed by atoms with Crippen molar-refractivity contribution in [3.8, 4) is 0 Å². The lowest BCUT2D eigenvalue weighted by Crippen LogP contribution is -2.60. The van der Waals surface area contributed by atoms with Crippen molar-refractivity contribution in [2.24, 2.45) is 0 Å². The Hall–Kier alpha value is -0.500. The number of hydrogen-bond donors (Lipinski definition) is 1. The highest BCUT2D eigenvalue weighted by molar-refractivity contribution is 5.09. The quantitative estimate of drug-likeness (QED) is 0.610. The first-order chi connectivity index (χ1) is 5.18. The molecule has 0 radical (unpaired) electrons. The molecule has 2 heterocycles. The second-order valence-corrected chi connectivity index (χ2v) is 3.81. The van der Waals surface area contributed by atoms with Gasteiger partial charge in [-0.3, -0.25) is 0 Å². The topological polar surface area (TPSA) is 23.5 Å². The third-order valence-electron chi connectivity index (χ3n) is 2.86. The Balaban J connectivity index is 2.04. The van der Waals surface area contributed by atoms with Gasteiger partial charge in [0, 0.05) is 17.8 Å². The summed E-state index contributed by atoms with van der Waals surface area (Å²) in [6, 6.07) is 1.20. The van der Waals surface area contributed by atoms with Gasteiger partial charge in [-0.15, -0.1) is 0 Å². The lowest BCUT2D eigenvalue weighted by Gasteiger charge is -2.56. The van der Waals surface area contributed by atoms with Crippen LogP contribution in [0.1, 0.15) is 26.2 Å². The number of aliphatic hydroxyl groups is 1. The van der Waals surface area contributed by atoms with Crippen molar-refractivity contribution in [3.05, 3.63) is 12.3 Å². The van der Waals surface area contributed by atoms with Crippen LogP contribution in [0.25, 0.3) is 0 Å². The average Bonchev–Trinajstić information content (AvgIpc) is 1.84. The lowest BCUT2D eigenvalue weighted by molar-refractivity contribution is -0.0582. The highest BCUT2D eigenvalue weighted by Crippen LogP contribution is 2.40. The molecule has 2 aliphatic heterocycles. The summed E-state index contributed by atoms with van der Waals surface area (Å²) in [6.45, 7) is 5.98. The number of hydrogen-bond acceptors (Lipinski definition) is 2. The van der Waals surface area contributed by atoms with Crippen molar-refractivity contribution in [3.63, 3.8) is 0 Å². The predicted octanol–water partition coefficient (Wildman–Crippen LogP) is 1.12. The summed E-state index contributed by atoms with van der Waals surface area (Å²) < 4.78 is 0. The van der Waals surface area contributed by atoms with Gasteiger partial charge in [-0.25, -0.2) is 0 Å². The Morgan fingerprint density at radius 1 is 1.36 bits per heavy atom. The van der Waals surface area contributed by atoms with Gasteiger partial charge in [-0.1, -0.05) is 6.58 Å². The molecule has 2 unspecified atom stereocenters. The van der Waals surface area contributed by atoms with Crippen molar-refractivity contribution in [1.29, 1.82) is 0 Å². The summed E-state index contributed by atoms with van der Waals surface area (Å²) in [5, 5.41) is 9.35. The minimum absolute atomic E-state index is 0.0469. The van der Waals surface area contributed by atoms with E-state index in [0.29, 0.717) is 12.1 Å². The van der Waals surface area contributed by atoms with E-state index in [2.05, 4.69) is 18.4 Å². The second-order valence-electron chi connectivity index (χ2n) is 3.81. The van der Waals surface area contributed by atoms with Crippen LogP contribution in [-0.4, -0.2) is 28.2 Å². The molecule has 0 spiro atoms. The number of aliphatic hydroxyl groups excluding tert-OH is 1. The summed E-state index contributed by atoms with van der Waals surface area (Å²) in [6.07, 6.45) is 3.12. The normalized spacial score (nSPS) is 41.6. The van der Waals surface area contributed by atoms with Crippen LogP contribution in [-0.2, 0) is 0 Å². The summed E-state index contributed by atoms with van der Waals surface area (Å²) in [5.74, 6) is 0. The molecule has 0 aromatic heterocycles. The van der Waals surface area contributed by atoms with Gasteiger partial charge in [0.15, 0.2) is 0 Å². The highest BCUT2D eigenvalue weighted by Gasteiger charge is 2.44. The van der Waals surface area contributed by atoms with Crippen molar-refractivity contribution < 1.29 is 5.11 Å². The van der Waals surface area contributed by atoms with E-state index < -0.39 is 0 Å². The molecule has 11 heavy (non-hydrogen) atoms. The summed E-state index contributed by atoms with van der Waals surface area (Å²) in [5.41, 5.74) is 1.16. The fraction of sp³-hybridized carbons (Fsp3) is 0.778. The molecule has 0 aromatic carbocycles. The van der Waals surface area contributed by atoms with E-state index in [-0.39, 0.29) is 6.10 Å². The van der Waals surface area contributed by atoms with E-state index in [0.717, 1.165) is 18.5 Å². The minimum atomic E-state index is -0.0469. The maximum absolute atomic E-state index is 9.35. The number of nitrogens with zero attached hydrogens (tertiary/aromatic N) is 1. The van der Waals surface area contributed by atoms with Crippen LogP contribution in [0.5, 0.6) is 0 Å². The minimum Gasteiger partial charge on any atom is -0.393 e. The Bertz CT molecular complexity index is 178. The smallest absolute Gasteiger partial charge is 0.0579 e. The number of rotatable bonds is 1. The van der Waals surface area contributed by atoms with Crippen molar-refractivity contribution >= 4 is 0 Å². The second kappa shape index (κ2) is 2.24. The van der Waals surface area contributed by atoms with Crippen LogP contribution in [0, 0.1) is 0 Å². The lowest BCUT2D eigenvalue weighted by atomic mass is 9.78. The van der Waals surface area contributed by atoms with Crippen molar-refractivity contribution in [2.75, 3.05) is 0 Å². The van der Waals surface area contributed by atoms with Gasteiger partial charge in [-0.05, 0) is 26.2 Å². The Morgan fingerprint density at radius 2 is 1.91 bits per heavy atom. The molecule has 2 nitrogen and oxygen atoms in total. The van der Waals surface area contributed by atoms with Gasteiger partial charge < -0.3 is 10.0 Å². The van der Waals surface area contributed by atoms with Gasteiger partial charge in [0.05, 0.1) is 6.10 Å². The van der Waals surface area contributed by atoms with Gasteiger partial charge in [0.1, 0.15) is 0 Å². The molecule has 1 N–H and O–H groups in total. The molecule has 2 atom stereocenters. The molecule has 2 saturated heterocycles. The largest absolute Gasteiger partial charge is 0.393 e. The molecular formula is C9H15NO. The third kappa shape index (κ3) is 0.968. The third-order valence-corrected chi connectivity index (χ3v) is 2.86. The van der Waals surface area contributed by atoms with Gasteiger partial charge in [-0.2, -0.15) is 0 Å². The zero-order valence-electron chi connectivity index (χ0n) is 6.95. The van der Waals surface area contributed by atoms with Crippen molar-refractivity contribution in [1.82, 2.24) is 4.90 Å². The first kappa shape index (κ1) is 7.17. The summed E-state index contributed by atoms with van der Waals surface area (Å²) in [4.78, 5) is 2.35. The zero-order chi connectivity index (χ0) is 8.01. The van der Waals surface area contributed by atoms with Crippen molar-refractivity contribution in [2.45, 2.75) is 44.4 Å². The predicted molar refractivity (Wildman–Crippen MR) is 44.1 cm³/mol. The molecule has 3 fully saturated rings. The van der Waals surface area contributed by atoms with Gasteiger partial charge in [0.25, 0.3) is 0 Å². The van der Waals surface area contributed by atoms with E-state index >= 15 is 0 Å². The van der Waals surface area contributed by atoms with E-state index in [1.165, 1.54) is 6.42 Å². The molecule has 2 heteroatoms. The highest BCUT2D eigenvalue weighted by atomic mass is 16.3. The van der Waals surface area contributed by atoms with Crippen LogP contribution >= 0.6 is 0 Å². The van der Waals surface area contributed by atoms with Crippen LogP contribution in [0.15, 0.2) is 12.3 Å². The molecule has 62 valence electrons. The SMILES string of the molecule is C=C(C)N1C2CC(O)CC1C2. The summed E-state index contributed by atoms with van der Waals surface area (Å²) in [7, 11) is 0. The van der Waals surface area contributed by atoms with E-state index in [1.54, 1.807) is 0 Å².